The Kier molecular flexibility index (Phi) is 5.74. The van der Waals surface area contributed by atoms with E-state index in [0.717, 1.165) is 15.9 Å². The Bertz CT molecular complexity index is 1310. The number of anilines is 1. The molecule has 9 heteroatoms. The highest BCUT2D eigenvalue weighted by atomic mass is 32.2. The van der Waals surface area contributed by atoms with Gasteiger partial charge in [0.15, 0.2) is 16.0 Å². The molecule has 7 nitrogen and oxygen atoms in total. The minimum atomic E-state index is -0.0290. The van der Waals surface area contributed by atoms with E-state index in [1.165, 1.54) is 23.1 Å². The highest BCUT2D eigenvalue weighted by Crippen LogP contribution is 2.31. The van der Waals surface area contributed by atoms with Gasteiger partial charge in [-0.15, -0.1) is 10.2 Å². The van der Waals surface area contributed by atoms with Gasteiger partial charge in [-0.3, -0.25) is 14.3 Å². The molecule has 2 aromatic carbocycles. The standard InChI is InChI=1S/C23H19N5O2S2/c1-2-27(22-24-17-11-6-7-13-19(17)32-22)20(29)15-31-23-26-25-21(18-12-8-14-30-18)28(23)16-9-4-3-5-10-16/h3-14H,2,15H2,1H3. The number of furan rings is 1. The summed E-state index contributed by atoms with van der Waals surface area (Å²) in [5.74, 6) is 1.39. The van der Waals surface area contributed by atoms with Gasteiger partial charge in [-0.25, -0.2) is 4.98 Å². The van der Waals surface area contributed by atoms with E-state index in [2.05, 4.69) is 15.2 Å². The lowest BCUT2D eigenvalue weighted by Crippen LogP contribution is -2.32. The number of hydrogen-bond acceptors (Lipinski definition) is 7. The van der Waals surface area contributed by atoms with Crippen LogP contribution in [0.5, 0.6) is 0 Å². The molecule has 0 aliphatic heterocycles. The summed E-state index contributed by atoms with van der Waals surface area (Å²) < 4.78 is 8.52. The maximum Gasteiger partial charge on any atom is 0.239 e. The van der Waals surface area contributed by atoms with E-state index in [4.69, 9.17) is 4.42 Å². The van der Waals surface area contributed by atoms with Gasteiger partial charge < -0.3 is 4.42 Å². The number of rotatable bonds is 7. The number of nitrogens with zero attached hydrogens (tertiary/aromatic N) is 5. The van der Waals surface area contributed by atoms with Crippen LogP contribution in [0.4, 0.5) is 5.13 Å². The highest BCUT2D eigenvalue weighted by molar-refractivity contribution is 7.99. The van der Waals surface area contributed by atoms with Crippen LogP contribution in [0.3, 0.4) is 0 Å². The van der Waals surface area contributed by atoms with E-state index >= 15 is 0 Å². The molecule has 0 spiro atoms. The smallest absolute Gasteiger partial charge is 0.239 e. The van der Waals surface area contributed by atoms with Crippen LogP contribution in [-0.2, 0) is 4.79 Å². The molecule has 0 unspecified atom stereocenters. The quantitative estimate of drug-likeness (QED) is 0.307. The Labute approximate surface area is 192 Å². The van der Waals surface area contributed by atoms with E-state index < -0.39 is 0 Å². The third kappa shape index (κ3) is 3.92. The lowest BCUT2D eigenvalue weighted by molar-refractivity contribution is -0.116. The normalized spacial score (nSPS) is 11.2. The van der Waals surface area contributed by atoms with Gasteiger partial charge in [-0.2, -0.15) is 0 Å². The largest absolute Gasteiger partial charge is 0.461 e. The van der Waals surface area contributed by atoms with Crippen LogP contribution < -0.4 is 4.90 Å². The number of thiazole rings is 1. The minimum absolute atomic E-state index is 0.0290. The molecular weight excluding hydrogens is 442 g/mol. The Morgan fingerprint density at radius 2 is 1.88 bits per heavy atom. The average molecular weight is 462 g/mol. The van der Waals surface area contributed by atoms with Gasteiger partial charge in [0.1, 0.15) is 0 Å². The van der Waals surface area contributed by atoms with Crippen LogP contribution >= 0.6 is 23.1 Å². The van der Waals surface area contributed by atoms with E-state index in [1.54, 1.807) is 11.2 Å². The number of hydrogen-bond donors (Lipinski definition) is 0. The first kappa shape index (κ1) is 20.5. The summed E-state index contributed by atoms with van der Waals surface area (Å²) in [4.78, 5) is 19.5. The highest BCUT2D eigenvalue weighted by Gasteiger charge is 2.22. The van der Waals surface area contributed by atoms with Crippen LogP contribution in [0.15, 0.2) is 82.6 Å². The van der Waals surface area contributed by atoms with Crippen LogP contribution in [-0.4, -0.2) is 38.0 Å². The van der Waals surface area contributed by atoms with Crippen LogP contribution in [0.25, 0.3) is 27.5 Å². The first-order valence-corrected chi connectivity index (χ1v) is 11.9. The van der Waals surface area contributed by atoms with E-state index in [1.807, 2.05) is 78.2 Å². The topological polar surface area (TPSA) is 77.0 Å². The number of para-hydroxylation sites is 2. The SMILES string of the molecule is CCN(C(=O)CSc1nnc(-c2ccco2)n1-c1ccccc1)c1nc2ccccc2s1. The maximum absolute atomic E-state index is 13.1. The Hall–Kier alpha value is -3.43. The molecule has 0 fully saturated rings. The average Bonchev–Trinajstić information content (AvgIpc) is 3.57. The summed E-state index contributed by atoms with van der Waals surface area (Å²) >= 11 is 2.87. The molecule has 0 saturated heterocycles. The summed E-state index contributed by atoms with van der Waals surface area (Å²) in [6, 6.07) is 21.4. The monoisotopic (exact) mass is 461 g/mol. The number of benzene rings is 2. The number of carbonyl (C=O) groups excluding carboxylic acids is 1. The fourth-order valence-corrected chi connectivity index (χ4v) is 5.21. The molecule has 0 N–H and O–H groups in total. The van der Waals surface area contributed by atoms with Gasteiger partial charge in [-0.05, 0) is 43.3 Å². The molecule has 0 radical (unpaired) electrons. The zero-order valence-corrected chi connectivity index (χ0v) is 18.8. The molecule has 0 aliphatic carbocycles. The molecule has 32 heavy (non-hydrogen) atoms. The molecule has 5 aromatic rings. The second kappa shape index (κ2) is 8.97. The third-order valence-electron chi connectivity index (χ3n) is 4.84. The van der Waals surface area contributed by atoms with Gasteiger partial charge in [-0.1, -0.05) is 53.4 Å². The molecule has 0 saturated carbocycles. The van der Waals surface area contributed by atoms with Gasteiger partial charge in [0.25, 0.3) is 0 Å². The first-order valence-electron chi connectivity index (χ1n) is 10.1. The summed E-state index contributed by atoms with van der Waals surface area (Å²) in [5.41, 5.74) is 1.80. The number of amides is 1. The van der Waals surface area contributed by atoms with Crippen molar-refractivity contribution in [2.24, 2.45) is 0 Å². The molecular formula is C23H19N5O2S2. The predicted octanol–water partition coefficient (Wildman–Crippen LogP) is 5.28. The van der Waals surface area contributed by atoms with Gasteiger partial charge in [0.2, 0.25) is 11.7 Å². The molecule has 0 aliphatic rings. The van der Waals surface area contributed by atoms with Crippen LogP contribution in [0, 0.1) is 0 Å². The molecule has 1 amide bonds. The van der Waals surface area contributed by atoms with Crippen molar-refractivity contribution in [1.29, 1.82) is 0 Å². The molecule has 0 bridgehead atoms. The lowest BCUT2D eigenvalue weighted by atomic mass is 10.3. The lowest BCUT2D eigenvalue weighted by Gasteiger charge is -2.17. The van der Waals surface area contributed by atoms with Crippen molar-refractivity contribution in [2.75, 3.05) is 17.2 Å². The Balaban J connectivity index is 1.41. The molecule has 3 aromatic heterocycles. The third-order valence-corrected chi connectivity index (χ3v) is 6.82. The van der Waals surface area contributed by atoms with Crippen molar-refractivity contribution < 1.29 is 9.21 Å². The molecule has 0 atom stereocenters. The molecule has 3 heterocycles. The van der Waals surface area contributed by atoms with Crippen molar-refractivity contribution in [1.82, 2.24) is 19.7 Å². The zero-order valence-electron chi connectivity index (χ0n) is 17.2. The van der Waals surface area contributed by atoms with Crippen molar-refractivity contribution in [2.45, 2.75) is 12.1 Å². The van der Waals surface area contributed by atoms with Crippen molar-refractivity contribution in [3.05, 3.63) is 73.0 Å². The van der Waals surface area contributed by atoms with Crippen molar-refractivity contribution in [3.8, 4) is 17.3 Å². The van der Waals surface area contributed by atoms with Crippen molar-refractivity contribution >= 4 is 44.4 Å². The summed E-state index contributed by atoms with van der Waals surface area (Å²) in [6.45, 7) is 2.50. The number of carbonyl (C=O) groups is 1. The van der Waals surface area contributed by atoms with Crippen LogP contribution in [0.1, 0.15) is 6.92 Å². The summed E-state index contributed by atoms with van der Waals surface area (Å²) in [6.07, 6.45) is 1.60. The zero-order chi connectivity index (χ0) is 21.9. The number of aromatic nitrogens is 4. The van der Waals surface area contributed by atoms with Gasteiger partial charge >= 0.3 is 0 Å². The molecule has 160 valence electrons. The first-order chi connectivity index (χ1) is 15.7. The van der Waals surface area contributed by atoms with Crippen molar-refractivity contribution in [3.63, 3.8) is 0 Å². The van der Waals surface area contributed by atoms with E-state index in [9.17, 15) is 4.79 Å². The Morgan fingerprint density at radius 3 is 2.62 bits per heavy atom. The fraction of sp³-hybridized carbons (Fsp3) is 0.130. The van der Waals surface area contributed by atoms with Crippen LogP contribution in [0.2, 0.25) is 0 Å². The molecule has 5 rings (SSSR count). The summed E-state index contributed by atoms with van der Waals surface area (Å²) in [7, 11) is 0. The number of thioether (sulfide) groups is 1. The second-order valence-corrected chi connectivity index (χ2v) is 8.80. The van der Waals surface area contributed by atoms with Gasteiger partial charge in [0, 0.05) is 12.2 Å². The Morgan fingerprint density at radius 1 is 1.06 bits per heavy atom. The number of fused-ring (bicyclic) bond motifs is 1. The maximum atomic E-state index is 13.1. The van der Waals surface area contributed by atoms with Gasteiger partial charge in [0.05, 0.1) is 22.2 Å². The van der Waals surface area contributed by atoms with E-state index in [0.29, 0.717) is 28.4 Å². The fourth-order valence-electron chi connectivity index (χ4n) is 3.34. The second-order valence-electron chi connectivity index (χ2n) is 6.85. The minimum Gasteiger partial charge on any atom is -0.461 e. The predicted molar refractivity (Wildman–Crippen MR) is 127 cm³/mol. The summed E-state index contributed by atoms with van der Waals surface area (Å²) in [5, 5.41) is 10.0. The van der Waals surface area contributed by atoms with E-state index in [-0.39, 0.29) is 11.7 Å².